The standard InChI is InChI=1S/C17H18F3N3O4/c1-16(2,3)23-13(17(18,19)20)11(8-21-23)14(24)22-9-5-6-10(15(25)26)12(7-9)27-4/h5-8H,1-4H3,(H,22,24)(H,25,26). The normalized spacial score (nSPS) is 12.0. The lowest BCUT2D eigenvalue weighted by Gasteiger charge is -2.23. The molecule has 27 heavy (non-hydrogen) atoms. The third-order valence-electron chi connectivity index (χ3n) is 3.61. The Morgan fingerprint density at radius 3 is 2.30 bits per heavy atom. The van der Waals surface area contributed by atoms with Crippen LogP contribution >= 0.6 is 0 Å². The van der Waals surface area contributed by atoms with Crippen molar-refractivity contribution in [2.24, 2.45) is 0 Å². The van der Waals surface area contributed by atoms with E-state index in [4.69, 9.17) is 9.84 Å². The molecule has 1 heterocycles. The van der Waals surface area contributed by atoms with Gasteiger partial charge in [0.25, 0.3) is 5.91 Å². The maximum atomic E-state index is 13.5. The van der Waals surface area contributed by atoms with Crippen molar-refractivity contribution in [3.8, 4) is 5.75 Å². The SMILES string of the molecule is COc1cc(NC(=O)c2cnn(C(C)(C)C)c2C(F)(F)F)ccc1C(=O)O. The molecule has 0 atom stereocenters. The molecule has 0 unspecified atom stereocenters. The molecular weight excluding hydrogens is 367 g/mol. The first-order chi connectivity index (χ1) is 12.4. The second-order valence-electron chi connectivity index (χ2n) is 6.66. The molecule has 2 N–H and O–H groups in total. The van der Waals surface area contributed by atoms with Gasteiger partial charge in [0, 0.05) is 11.8 Å². The number of halogens is 3. The van der Waals surface area contributed by atoms with Crippen LogP contribution in [0.1, 0.15) is 47.2 Å². The van der Waals surface area contributed by atoms with E-state index >= 15 is 0 Å². The zero-order valence-electron chi connectivity index (χ0n) is 15.0. The number of nitrogens with zero attached hydrogens (tertiary/aromatic N) is 2. The lowest BCUT2D eigenvalue weighted by atomic mass is 10.1. The van der Waals surface area contributed by atoms with Gasteiger partial charge in [-0.2, -0.15) is 18.3 Å². The molecule has 1 aromatic carbocycles. The molecule has 0 spiro atoms. The van der Waals surface area contributed by atoms with Crippen molar-refractivity contribution in [1.29, 1.82) is 0 Å². The zero-order chi connectivity index (χ0) is 20.6. The monoisotopic (exact) mass is 385 g/mol. The van der Waals surface area contributed by atoms with Crippen molar-refractivity contribution >= 4 is 17.6 Å². The van der Waals surface area contributed by atoms with Crippen LogP contribution in [0.25, 0.3) is 0 Å². The number of hydrogen-bond acceptors (Lipinski definition) is 4. The fourth-order valence-corrected chi connectivity index (χ4v) is 2.44. The zero-order valence-corrected chi connectivity index (χ0v) is 15.0. The Balaban J connectivity index is 2.43. The Morgan fingerprint density at radius 2 is 1.81 bits per heavy atom. The number of hydrogen-bond donors (Lipinski definition) is 2. The number of methoxy groups -OCH3 is 1. The molecule has 7 nitrogen and oxygen atoms in total. The van der Waals surface area contributed by atoms with Crippen molar-refractivity contribution in [2.75, 3.05) is 12.4 Å². The van der Waals surface area contributed by atoms with Gasteiger partial charge in [0.15, 0.2) is 5.69 Å². The number of ether oxygens (including phenoxy) is 1. The van der Waals surface area contributed by atoms with E-state index in [2.05, 4.69) is 10.4 Å². The number of amides is 1. The van der Waals surface area contributed by atoms with Gasteiger partial charge in [0.2, 0.25) is 0 Å². The van der Waals surface area contributed by atoms with Gasteiger partial charge in [-0.3, -0.25) is 9.48 Å². The molecule has 10 heteroatoms. The summed E-state index contributed by atoms with van der Waals surface area (Å²) in [6.07, 6.45) is -3.94. The Hall–Kier alpha value is -3.04. The molecule has 0 aliphatic heterocycles. The number of anilines is 1. The van der Waals surface area contributed by atoms with Crippen LogP contribution in [0, 0.1) is 0 Å². The number of rotatable bonds is 4. The highest BCUT2D eigenvalue weighted by Gasteiger charge is 2.42. The number of alkyl halides is 3. The molecule has 0 saturated carbocycles. The minimum absolute atomic E-state index is 0.0401. The van der Waals surface area contributed by atoms with Crippen LogP contribution in [-0.4, -0.2) is 33.9 Å². The summed E-state index contributed by atoms with van der Waals surface area (Å²) in [5.41, 5.74) is -2.86. The third kappa shape index (κ3) is 4.21. The number of carbonyl (C=O) groups excluding carboxylic acids is 1. The van der Waals surface area contributed by atoms with Crippen LogP contribution in [0.3, 0.4) is 0 Å². The molecule has 0 aliphatic carbocycles. The Kier molecular flexibility index (Phi) is 5.21. The van der Waals surface area contributed by atoms with Crippen LogP contribution in [0.5, 0.6) is 5.75 Å². The van der Waals surface area contributed by atoms with Gasteiger partial charge >= 0.3 is 12.1 Å². The Morgan fingerprint density at radius 1 is 1.19 bits per heavy atom. The van der Waals surface area contributed by atoms with E-state index in [0.717, 1.165) is 10.9 Å². The van der Waals surface area contributed by atoms with E-state index < -0.39 is 34.8 Å². The van der Waals surface area contributed by atoms with Crippen LogP contribution in [0.15, 0.2) is 24.4 Å². The molecular formula is C17H18F3N3O4. The number of aromatic nitrogens is 2. The predicted octanol–water partition coefficient (Wildman–Crippen LogP) is 3.62. The van der Waals surface area contributed by atoms with E-state index in [9.17, 15) is 22.8 Å². The number of nitrogens with one attached hydrogen (secondary N) is 1. The summed E-state index contributed by atoms with van der Waals surface area (Å²) >= 11 is 0. The smallest absolute Gasteiger partial charge is 0.433 e. The fourth-order valence-electron chi connectivity index (χ4n) is 2.44. The lowest BCUT2D eigenvalue weighted by molar-refractivity contribution is -0.146. The van der Waals surface area contributed by atoms with E-state index in [-0.39, 0.29) is 17.0 Å². The van der Waals surface area contributed by atoms with Crippen molar-refractivity contribution in [3.63, 3.8) is 0 Å². The number of carboxylic acids is 1. The lowest BCUT2D eigenvalue weighted by Crippen LogP contribution is -2.30. The Labute approximate surface area is 152 Å². The number of aromatic carboxylic acids is 1. The predicted molar refractivity (Wildman–Crippen MR) is 90.1 cm³/mol. The minimum Gasteiger partial charge on any atom is -0.496 e. The summed E-state index contributed by atoms with van der Waals surface area (Å²) in [7, 11) is 1.24. The summed E-state index contributed by atoms with van der Waals surface area (Å²) in [6, 6.07) is 3.65. The molecule has 0 aliphatic rings. The number of benzene rings is 1. The fraction of sp³-hybridized carbons (Fsp3) is 0.353. The highest BCUT2D eigenvalue weighted by Crippen LogP contribution is 2.35. The van der Waals surface area contributed by atoms with Crippen LogP contribution in [0.2, 0.25) is 0 Å². The highest BCUT2D eigenvalue weighted by molar-refractivity contribution is 6.05. The van der Waals surface area contributed by atoms with E-state index in [1.165, 1.54) is 46.1 Å². The average molecular weight is 385 g/mol. The molecule has 0 bridgehead atoms. The molecule has 2 aromatic rings. The molecule has 1 amide bonds. The van der Waals surface area contributed by atoms with Gasteiger partial charge < -0.3 is 15.2 Å². The maximum absolute atomic E-state index is 13.5. The van der Waals surface area contributed by atoms with Crippen molar-refractivity contribution < 1.29 is 32.6 Å². The van der Waals surface area contributed by atoms with Crippen LogP contribution in [0.4, 0.5) is 18.9 Å². The first-order valence-corrected chi connectivity index (χ1v) is 7.74. The first kappa shape index (κ1) is 20.3. The molecule has 146 valence electrons. The van der Waals surface area contributed by atoms with Crippen molar-refractivity contribution in [3.05, 3.63) is 41.2 Å². The van der Waals surface area contributed by atoms with Gasteiger partial charge in [-0.15, -0.1) is 0 Å². The Bertz CT molecular complexity index is 883. The molecule has 1 aromatic heterocycles. The average Bonchev–Trinajstić information content (AvgIpc) is 3.00. The largest absolute Gasteiger partial charge is 0.496 e. The topological polar surface area (TPSA) is 93.5 Å². The number of carboxylic acid groups (broad SMARTS) is 1. The van der Waals surface area contributed by atoms with E-state index in [1.54, 1.807) is 0 Å². The van der Waals surface area contributed by atoms with Gasteiger partial charge in [0.1, 0.15) is 11.3 Å². The summed E-state index contributed by atoms with van der Waals surface area (Å²) in [5, 5.41) is 15.1. The number of carbonyl (C=O) groups is 2. The first-order valence-electron chi connectivity index (χ1n) is 7.74. The molecule has 0 fully saturated rings. The minimum atomic E-state index is -4.79. The second kappa shape index (κ2) is 6.93. The summed E-state index contributed by atoms with van der Waals surface area (Å²) in [4.78, 5) is 23.5. The van der Waals surface area contributed by atoms with Gasteiger partial charge in [-0.25, -0.2) is 4.79 Å². The van der Waals surface area contributed by atoms with E-state index in [0.29, 0.717) is 0 Å². The summed E-state index contributed by atoms with van der Waals surface area (Å²) in [6.45, 7) is 4.60. The van der Waals surface area contributed by atoms with Gasteiger partial charge in [-0.1, -0.05) is 0 Å². The van der Waals surface area contributed by atoms with Crippen LogP contribution in [-0.2, 0) is 11.7 Å². The van der Waals surface area contributed by atoms with Crippen molar-refractivity contribution in [2.45, 2.75) is 32.5 Å². The van der Waals surface area contributed by atoms with Crippen LogP contribution < -0.4 is 10.1 Å². The molecule has 2 rings (SSSR count). The highest BCUT2D eigenvalue weighted by atomic mass is 19.4. The van der Waals surface area contributed by atoms with Gasteiger partial charge in [0.05, 0.1) is 24.4 Å². The molecule has 0 radical (unpaired) electrons. The second-order valence-corrected chi connectivity index (χ2v) is 6.66. The quantitative estimate of drug-likeness (QED) is 0.839. The third-order valence-corrected chi connectivity index (χ3v) is 3.61. The van der Waals surface area contributed by atoms with Crippen molar-refractivity contribution in [1.82, 2.24) is 9.78 Å². The molecule has 0 saturated heterocycles. The van der Waals surface area contributed by atoms with E-state index in [1.807, 2.05) is 0 Å². The maximum Gasteiger partial charge on any atom is 0.433 e. The van der Waals surface area contributed by atoms with Gasteiger partial charge in [-0.05, 0) is 32.9 Å². The summed E-state index contributed by atoms with van der Waals surface area (Å²) in [5.74, 6) is -2.31. The summed E-state index contributed by atoms with van der Waals surface area (Å²) < 4.78 is 46.2.